The molecule has 1 heterocycles. The summed E-state index contributed by atoms with van der Waals surface area (Å²) in [5, 5.41) is 1.69. The Morgan fingerprint density at radius 3 is 2.15 bits per heavy atom. The van der Waals surface area contributed by atoms with Crippen molar-refractivity contribution in [2.24, 2.45) is 0 Å². The van der Waals surface area contributed by atoms with Crippen LogP contribution in [0.4, 0.5) is 0 Å². The van der Waals surface area contributed by atoms with E-state index in [9.17, 15) is 0 Å². The first-order chi connectivity index (χ1) is 12.6. The highest BCUT2D eigenvalue weighted by Crippen LogP contribution is 2.39. The molecule has 0 aliphatic rings. The van der Waals surface area contributed by atoms with E-state index in [4.69, 9.17) is 39.8 Å². The summed E-state index contributed by atoms with van der Waals surface area (Å²) in [6.07, 6.45) is 0. The van der Waals surface area contributed by atoms with Crippen LogP contribution >= 0.6 is 34.8 Å². The third-order valence-electron chi connectivity index (χ3n) is 4.09. The Morgan fingerprint density at radius 2 is 1.42 bits per heavy atom. The molecule has 4 rings (SSSR count). The maximum absolute atomic E-state index is 6.47. The Morgan fingerprint density at radius 1 is 0.692 bits per heavy atom. The predicted molar refractivity (Wildman–Crippen MR) is 110 cm³/mol. The van der Waals surface area contributed by atoms with E-state index >= 15 is 0 Å². The van der Waals surface area contributed by atoms with Gasteiger partial charge in [-0.3, -0.25) is 0 Å². The molecule has 0 bridgehead atoms. The SMILES string of the molecule is Clc1ccc(-c2nc(-c3ccccc3)c(-c3cccc(Cl)c3Cl)[nH]2)cc1. The Hall–Kier alpha value is -2.26. The summed E-state index contributed by atoms with van der Waals surface area (Å²) in [6.45, 7) is 0. The Bertz CT molecular complexity index is 1050. The molecule has 128 valence electrons. The molecular weight excluding hydrogens is 387 g/mol. The number of aromatic nitrogens is 2. The second-order valence-corrected chi connectivity index (χ2v) is 7.00. The topological polar surface area (TPSA) is 28.7 Å². The second-order valence-electron chi connectivity index (χ2n) is 5.78. The van der Waals surface area contributed by atoms with Crippen molar-refractivity contribution in [1.29, 1.82) is 0 Å². The minimum absolute atomic E-state index is 0.498. The molecule has 0 saturated heterocycles. The summed E-state index contributed by atoms with van der Waals surface area (Å²) in [6, 6.07) is 23.1. The van der Waals surface area contributed by atoms with Crippen molar-refractivity contribution >= 4 is 34.8 Å². The molecule has 0 aliphatic carbocycles. The van der Waals surface area contributed by atoms with Gasteiger partial charge in [0.1, 0.15) is 5.82 Å². The van der Waals surface area contributed by atoms with Gasteiger partial charge in [-0.2, -0.15) is 0 Å². The summed E-state index contributed by atoms with van der Waals surface area (Å²) in [4.78, 5) is 8.23. The van der Waals surface area contributed by atoms with Gasteiger partial charge < -0.3 is 4.98 Å². The first-order valence-electron chi connectivity index (χ1n) is 7.99. The van der Waals surface area contributed by atoms with Crippen LogP contribution in [0.5, 0.6) is 0 Å². The Labute approximate surface area is 166 Å². The molecule has 0 spiro atoms. The highest BCUT2D eigenvalue weighted by molar-refractivity contribution is 6.43. The number of imidazole rings is 1. The molecule has 0 unspecified atom stereocenters. The standard InChI is InChI=1S/C21H13Cl3N2/c22-15-11-9-14(10-12-15)21-25-19(13-5-2-1-3-6-13)20(26-21)16-7-4-8-17(23)18(16)24/h1-12H,(H,25,26). The highest BCUT2D eigenvalue weighted by Gasteiger charge is 2.18. The number of hydrogen-bond acceptors (Lipinski definition) is 1. The summed E-state index contributed by atoms with van der Waals surface area (Å²) in [5.74, 6) is 0.742. The molecule has 1 N–H and O–H groups in total. The fourth-order valence-electron chi connectivity index (χ4n) is 2.81. The maximum atomic E-state index is 6.47. The average molecular weight is 400 g/mol. The third-order valence-corrected chi connectivity index (χ3v) is 5.16. The van der Waals surface area contributed by atoms with E-state index in [-0.39, 0.29) is 0 Å². The van der Waals surface area contributed by atoms with E-state index in [0.717, 1.165) is 33.9 Å². The van der Waals surface area contributed by atoms with Crippen molar-refractivity contribution < 1.29 is 0 Å². The van der Waals surface area contributed by atoms with Crippen LogP contribution in [0, 0.1) is 0 Å². The van der Waals surface area contributed by atoms with Crippen molar-refractivity contribution in [2.75, 3.05) is 0 Å². The molecule has 5 heteroatoms. The lowest BCUT2D eigenvalue weighted by Crippen LogP contribution is -1.85. The fraction of sp³-hybridized carbons (Fsp3) is 0. The van der Waals surface area contributed by atoms with Crippen LogP contribution in [0.15, 0.2) is 72.8 Å². The lowest BCUT2D eigenvalue weighted by Gasteiger charge is -2.06. The van der Waals surface area contributed by atoms with Gasteiger partial charge in [0, 0.05) is 21.7 Å². The number of nitrogens with zero attached hydrogens (tertiary/aromatic N) is 1. The largest absolute Gasteiger partial charge is 0.337 e. The van der Waals surface area contributed by atoms with Crippen molar-refractivity contribution in [1.82, 2.24) is 9.97 Å². The van der Waals surface area contributed by atoms with Crippen molar-refractivity contribution in [3.05, 3.63) is 87.9 Å². The van der Waals surface area contributed by atoms with Crippen LogP contribution in [-0.2, 0) is 0 Å². The molecule has 0 amide bonds. The van der Waals surface area contributed by atoms with Crippen molar-refractivity contribution in [3.8, 4) is 33.9 Å². The van der Waals surface area contributed by atoms with Gasteiger partial charge in [-0.1, -0.05) is 77.3 Å². The van der Waals surface area contributed by atoms with Crippen LogP contribution in [0.2, 0.25) is 15.1 Å². The summed E-state index contributed by atoms with van der Waals surface area (Å²) >= 11 is 18.7. The molecule has 4 aromatic rings. The van der Waals surface area contributed by atoms with E-state index < -0.39 is 0 Å². The third kappa shape index (κ3) is 3.24. The van der Waals surface area contributed by atoms with Gasteiger partial charge in [0.05, 0.1) is 21.4 Å². The fourth-order valence-corrected chi connectivity index (χ4v) is 3.34. The molecular formula is C21H13Cl3N2. The number of nitrogens with one attached hydrogen (secondary N) is 1. The number of halogens is 3. The van der Waals surface area contributed by atoms with Crippen molar-refractivity contribution in [2.45, 2.75) is 0 Å². The number of H-pyrrole nitrogens is 1. The van der Waals surface area contributed by atoms with Crippen LogP contribution in [0.25, 0.3) is 33.9 Å². The molecule has 0 atom stereocenters. The van der Waals surface area contributed by atoms with Gasteiger partial charge in [-0.25, -0.2) is 4.98 Å². The molecule has 3 aromatic carbocycles. The minimum atomic E-state index is 0.498. The van der Waals surface area contributed by atoms with Gasteiger partial charge in [0.2, 0.25) is 0 Å². The lowest BCUT2D eigenvalue weighted by atomic mass is 10.1. The van der Waals surface area contributed by atoms with E-state index in [1.807, 2.05) is 66.7 Å². The molecule has 0 saturated carbocycles. The highest BCUT2D eigenvalue weighted by atomic mass is 35.5. The summed E-state index contributed by atoms with van der Waals surface area (Å²) in [7, 11) is 0. The first-order valence-corrected chi connectivity index (χ1v) is 9.12. The molecule has 26 heavy (non-hydrogen) atoms. The number of benzene rings is 3. The molecule has 2 nitrogen and oxygen atoms in total. The lowest BCUT2D eigenvalue weighted by molar-refractivity contribution is 1.31. The zero-order valence-corrected chi connectivity index (χ0v) is 15.8. The van der Waals surface area contributed by atoms with Crippen LogP contribution in [0.3, 0.4) is 0 Å². The van der Waals surface area contributed by atoms with E-state index in [0.29, 0.717) is 15.1 Å². The quantitative estimate of drug-likeness (QED) is 0.383. The number of rotatable bonds is 3. The number of aromatic amines is 1. The maximum Gasteiger partial charge on any atom is 0.138 e. The van der Waals surface area contributed by atoms with Crippen LogP contribution in [0.1, 0.15) is 0 Å². The molecule has 1 aromatic heterocycles. The zero-order chi connectivity index (χ0) is 18.1. The summed E-state index contributed by atoms with van der Waals surface area (Å²) in [5.41, 5.74) is 4.39. The van der Waals surface area contributed by atoms with Crippen LogP contribution < -0.4 is 0 Å². The monoisotopic (exact) mass is 398 g/mol. The summed E-state index contributed by atoms with van der Waals surface area (Å²) < 4.78 is 0. The average Bonchev–Trinajstić information content (AvgIpc) is 3.10. The Balaban J connectivity index is 1.94. The molecule has 0 radical (unpaired) electrons. The first kappa shape index (κ1) is 17.2. The van der Waals surface area contributed by atoms with Crippen molar-refractivity contribution in [3.63, 3.8) is 0 Å². The molecule has 0 fully saturated rings. The minimum Gasteiger partial charge on any atom is -0.337 e. The van der Waals surface area contributed by atoms with Gasteiger partial charge in [-0.05, 0) is 30.3 Å². The predicted octanol–water partition coefficient (Wildman–Crippen LogP) is 7.37. The zero-order valence-electron chi connectivity index (χ0n) is 13.5. The van der Waals surface area contributed by atoms with Gasteiger partial charge >= 0.3 is 0 Å². The van der Waals surface area contributed by atoms with E-state index in [1.54, 1.807) is 6.07 Å². The second kappa shape index (κ2) is 7.16. The number of hydrogen-bond donors (Lipinski definition) is 1. The van der Waals surface area contributed by atoms with E-state index in [2.05, 4.69) is 4.98 Å². The van der Waals surface area contributed by atoms with Crippen LogP contribution in [-0.4, -0.2) is 9.97 Å². The normalized spacial score (nSPS) is 10.9. The smallest absolute Gasteiger partial charge is 0.138 e. The Kier molecular flexibility index (Phi) is 4.73. The molecule has 0 aliphatic heterocycles. The van der Waals surface area contributed by atoms with Gasteiger partial charge in [0.25, 0.3) is 0 Å². The van der Waals surface area contributed by atoms with Gasteiger partial charge in [0.15, 0.2) is 0 Å². The van der Waals surface area contributed by atoms with E-state index in [1.165, 1.54) is 0 Å². The van der Waals surface area contributed by atoms with Gasteiger partial charge in [-0.15, -0.1) is 0 Å².